The van der Waals surface area contributed by atoms with Gasteiger partial charge in [-0.25, -0.2) is 9.37 Å². The molecule has 4 rings (SSSR count). The van der Waals surface area contributed by atoms with Crippen molar-refractivity contribution in [2.24, 2.45) is 5.92 Å². The highest BCUT2D eigenvalue weighted by molar-refractivity contribution is 5.79. The van der Waals surface area contributed by atoms with Crippen LogP contribution in [-0.2, 0) is 24.4 Å². The first kappa shape index (κ1) is 21.2. The molecule has 0 spiro atoms. The second-order valence-corrected chi connectivity index (χ2v) is 8.41. The van der Waals surface area contributed by atoms with E-state index in [-0.39, 0.29) is 17.8 Å². The number of piperidine rings is 1. The normalized spacial score (nSPS) is 17.0. The Hall–Kier alpha value is -3.06. The van der Waals surface area contributed by atoms with Crippen LogP contribution < -0.4 is 10.9 Å². The average Bonchev–Trinajstić information content (AvgIpc) is 2.76. The van der Waals surface area contributed by atoms with Crippen LogP contribution in [0.4, 0.5) is 4.39 Å². The molecule has 1 amide bonds. The van der Waals surface area contributed by atoms with Gasteiger partial charge in [-0.2, -0.15) is 0 Å². The van der Waals surface area contributed by atoms with Crippen LogP contribution >= 0.6 is 0 Å². The van der Waals surface area contributed by atoms with Crippen LogP contribution in [0.1, 0.15) is 30.9 Å². The molecule has 1 unspecified atom stereocenters. The number of benzene rings is 2. The Labute approximate surface area is 180 Å². The average molecular weight is 423 g/mol. The number of hydrogen-bond acceptors (Lipinski definition) is 4. The molecule has 1 aliphatic heterocycles. The van der Waals surface area contributed by atoms with Gasteiger partial charge in [0, 0.05) is 19.6 Å². The number of fused-ring (bicyclic) bond motifs is 1. The third kappa shape index (κ3) is 5.35. The second-order valence-electron chi connectivity index (χ2n) is 8.41. The van der Waals surface area contributed by atoms with Crippen molar-refractivity contribution in [2.45, 2.75) is 39.4 Å². The summed E-state index contributed by atoms with van der Waals surface area (Å²) in [6.45, 7) is 5.77. The number of aromatic nitrogens is 2. The lowest BCUT2D eigenvalue weighted by Crippen LogP contribution is -2.33. The lowest BCUT2D eigenvalue weighted by atomic mass is 9.99. The molecule has 2 aromatic carbocycles. The number of nitrogens with one attached hydrogen (secondary N) is 1. The Morgan fingerprint density at radius 2 is 1.97 bits per heavy atom. The molecule has 31 heavy (non-hydrogen) atoms. The topological polar surface area (TPSA) is 67.2 Å². The lowest BCUT2D eigenvalue weighted by Gasteiger charge is -2.30. The fraction of sp³-hybridized carbons (Fsp3) is 0.375. The van der Waals surface area contributed by atoms with Gasteiger partial charge in [0.1, 0.15) is 12.4 Å². The van der Waals surface area contributed by atoms with E-state index in [1.807, 2.05) is 12.1 Å². The van der Waals surface area contributed by atoms with Crippen molar-refractivity contribution in [3.63, 3.8) is 0 Å². The van der Waals surface area contributed by atoms with E-state index in [9.17, 15) is 14.0 Å². The van der Waals surface area contributed by atoms with E-state index >= 15 is 0 Å². The number of nitrogens with zero attached hydrogens (tertiary/aromatic N) is 3. The standard InChI is InChI=1S/C24H27FN4O2/c1-17-3-2-10-28(13-17)14-19-6-4-18(5-7-19)12-26-23(30)15-29-16-27-22-9-8-20(25)11-21(22)24(29)31/h4-9,11,16-17H,2-3,10,12-15H2,1H3,(H,26,30). The lowest BCUT2D eigenvalue weighted by molar-refractivity contribution is -0.121. The van der Waals surface area contributed by atoms with Crippen molar-refractivity contribution in [3.8, 4) is 0 Å². The molecule has 7 heteroatoms. The van der Waals surface area contributed by atoms with Crippen molar-refractivity contribution in [1.82, 2.24) is 19.8 Å². The van der Waals surface area contributed by atoms with Crippen molar-refractivity contribution in [3.05, 3.63) is 76.1 Å². The minimum absolute atomic E-state index is 0.161. The number of hydrogen-bond donors (Lipinski definition) is 1. The quantitative estimate of drug-likeness (QED) is 0.663. The highest BCUT2D eigenvalue weighted by Crippen LogP contribution is 2.18. The van der Waals surface area contributed by atoms with Crippen LogP contribution in [-0.4, -0.2) is 33.4 Å². The molecule has 6 nitrogen and oxygen atoms in total. The van der Waals surface area contributed by atoms with Crippen LogP contribution in [0.2, 0.25) is 0 Å². The van der Waals surface area contributed by atoms with Crippen LogP contribution in [0.25, 0.3) is 10.9 Å². The van der Waals surface area contributed by atoms with Crippen LogP contribution in [0, 0.1) is 11.7 Å². The molecule has 0 bridgehead atoms. The first-order valence-corrected chi connectivity index (χ1v) is 10.7. The molecule has 3 aromatic rings. The summed E-state index contributed by atoms with van der Waals surface area (Å²) in [5.74, 6) is -0.0505. The molecule has 2 heterocycles. The zero-order valence-electron chi connectivity index (χ0n) is 17.7. The fourth-order valence-electron chi connectivity index (χ4n) is 4.11. The van der Waals surface area contributed by atoms with Gasteiger partial charge < -0.3 is 5.32 Å². The maximum Gasteiger partial charge on any atom is 0.261 e. The Bertz CT molecular complexity index is 1130. The van der Waals surface area contributed by atoms with Gasteiger partial charge in [0.05, 0.1) is 17.2 Å². The smallest absolute Gasteiger partial charge is 0.261 e. The summed E-state index contributed by atoms with van der Waals surface area (Å²) in [7, 11) is 0. The molecule has 1 saturated heterocycles. The van der Waals surface area contributed by atoms with Crippen LogP contribution in [0.5, 0.6) is 0 Å². The Morgan fingerprint density at radius 1 is 1.19 bits per heavy atom. The van der Waals surface area contributed by atoms with Gasteiger partial charge in [0.2, 0.25) is 5.91 Å². The minimum Gasteiger partial charge on any atom is -0.350 e. The van der Waals surface area contributed by atoms with Gasteiger partial charge in [-0.05, 0) is 54.6 Å². The number of rotatable bonds is 6. The van der Waals surface area contributed by atoms with E-state index in [0.717, 1.165) is 37.2 Å². The van der Waals surface area contributed by atoms with Gasteiger partial charge in [-0.1, -0.05) is 31.2 Å². The summed E-state index contributed by atoms with van der Waals surface area (Å²) in [6, 6.07) is 12.1. The van der Waals surface area contributed by atoms with Gasteiger partial charge in [0.25, 0.3) is 5.56 Å². The van der Waals surface area contributed by atoms with Crippen molar-refractivity contribution in [1.29, 1.82) is 0 Å². The molecule has 162 valence electrons. The fourth-order valence-corrected chi connectivity index (χ4v) is 4.11. The SMILES string of the molecule is CC1CCCN(Cc2ccc(CNC(=O)Cn3cnc4ccc(F)cc4c3=O)cc2)C1. The zero-order chi connectivity index (χ0) is 21.8. The number of carbonyl (C=O) groups is 1. The van der Waals surface area contributed by atoms with E-state index in [4.69, 9.17) is 0 Å². The van der Waals surface area contributed by atoms with Crippen molar-refractivity contribution in [2.75, 3.05) is 13.1 Å². The van der Waals surface area contributed by atoms with Gasteiger partial charge in [-0.3, -0.25) is 19.1 Å². The monoisotopic (exact) mass is 422 g/mol. The Kier molecular flexibility index (Phi) is 6.42. The summed E-state index contributed by atoms with van der Waals surface area (Å²) in [4.78, 5) is 31.4. The van der Waals surface area contributed by atoms with Gasteiger partial charge in [0.15, 0.2) is 0 Å². The van der Waals surface area contributed by atoms with Gasteiger partial charge >= 0.3 is 0 Å². The highest BCUT2D eigenvalue weighted by atomic mass is 19.1. The highest BCUT2D eigenvalue weighted by Gasteiger charge is 2.16. The summed E-state index contributed by atoms with van der Waals surface area (Å²) < 4.78 is 14.6. The van der Waals surface area contributed by atoms with Crippen molar-refractivity contribution < 1.29 is 9.18 Å². The number of amides is 1. The number of carbonyl (C=O) groups excluding carboxylic acids is 1. The third-order valence-corrected chi connectivity index (χ3v) is 5.76. The molecule has 1 atom stereocenters. The van der Waals surface area contributed by atoms with Gasteiger partial charge in [-0.15, -0.1) is 0 Å². The Morgan fingerprint density at radius 3 is 2.74 bits per heavy atom. The largest absolute Gasteiger partial charge is 0.350 e. The molecule has 0 aliphatic carbocycles. The van der Waals surface area contributed by atoms with E-state index < -0.39 is 11.4 Å². The number of likely N-dealkylation sites (tertiary alicyclic amines) is 1. The predicted molar refractivity (Wildman–Crippen MR) is 118 cm³/mol. The molecule has 1 aromatic heterocycles. The summed E-state index contributed by atoms with van der Waals surface area (Å²) in [5, 5.41) is 2.99. The van der Waals surface area contributed by atoms with E-state index in [1.54, 1.807) is 0 Å². The maximum atomic E-state index is 13.4. The molecular formula is C24H27FN4O2. The van der Waals surface area contributed by atoms with E-state index in [0.29, 0.717) is 12.1 Å². The zero-order valence-corrected chi connectivity index (χ0v) is 17.7. The molecule has 1 aliphatic rings. The molecular weight excluding hydrogens is 395 g/mol. The van der Waals surface area contributed by atoms with Crippen LogP contribution in [0.3, 0.4) is 0 Å². The first-order chi connectivity index (χ1) is 15.0. The second kappa shape index (κ2) is 9.39. The third-order valence-electron chi connectivity index (χ3n) is 5.76. The van der Waals surface area contributed by atoms with E-state index in [2.05, 4.69) is 34.3 Å². The molecule has 1 fully saturated rings. The van der Waals surface area contributed by atoms with Crippen LogP contribution in [0.15, 0.2) is 53.6 Å². The number of halogens is 1. The summed E-state index contributed by atoms with van der Waals surface area (Å²) in [6.07, 6.45) is 3.89. The molecule has 0 radical (unpaired) electrons. The first-order valence-electron chi connectivity index (χ1n) is 10.7. The predicted octanol–water partition coefficient (Wildman–Crippen LogP) is 3.08. The summed E-state index contributed by atoms with van der Waals surface area (Å²) in [5.41, 5.74) is 2.23. The Balaban J connectivity index is 1.32. The summed E-state index contributed by atoms with van der Waals surface area (Å²) >= 11 is 0. The maximum absolute atomic E-state index is 13.4. The minimum atomic E-state index is -0.508. The van der Waals surface area contributed by atoms with Crippen molar-refractivity contribution >= 4 is 16.8 Å². The molecule has 0 saturated carbocycles. The van der Waals surface area contributed by atoms with E-state index in [1.165, 1.54) is 41.4 Å². The molecule has 1 N–H and O–H groups in total.